The third-order valence-electron chi connectivity index (χ3n) is 4.64. The smallest absolute Gasteiger partial charge is 0.315 e. The fraction of sp³-hybridized carbons (Fsp3) is 0.263. The van der Waals surface area contributed by atoms with Crippen molar-refractivity contribution in [2.24, 2.45) is 0 Å². The molecule has 27 heavy (non-hydrogen) atoms. The summed E-state index contributed by atoms with van der Waals surface area (Å²) < 4.78 is 29.8. The summed E-state index contributed by atoms with van der Waals surface area (Å²) in [5.41, 5.74) is 3.86. The van der Waals surface area contributed by atoms with Gasteiger partial charge in [-0.05, 0) is 48.6 Å². The molecule has 0 saturated heterocycles. The predicted octanol–water partition coefficient (Wildman–Crippen LogP) is 3.79. The zero-order valence-electron chi connectivity index (χ0n) is 14.4. The first kappa shape index (κ1) is 17.3. The van der Waals surface area contributed by atoms with Crippen LogP contribution in [-0.4, -0.2) is 21.0 Å². The minimum Gasteiger partial charge on any atom is -0.344 e. The Morgan fingerprint density at radius 2 is 2.19 bits per heavy atom. The molecule has 8 heteroatoms. The maximum Gasteiger partial charge on any atom is 0.315 e. The molecule has 1 aliphatic carbocycles. The van der Waals surface area contributed by atoms with Crippen molar-refractivity contribution in [1.82, 2.24) is 20.4 Å². The molecule has 1 aliphatic rings. The van der Waals surface area contributed by atoms with Crippen molar-refractivity contribution in [2.75, 3.05) is 0 Å². The lowest BCUT2D eigenvalue weighted by Crippen LogP contribution is -2.28. The van der Waals surface area contributed by atoms with Crippen molar-refractivity contribution in [3.05, 3.63) is 64.8 Å². The number of aromatic nitrogens is 3. The summed E-state index contributed by atoms with van der Waals surface area (Å²) in [4.78, 5) is 20.4. The Hall–Kier alpha value is -3.16. The molecule has 4 rings (SSSR count). The van der Waals surface area contributed by atoms with E-state index in [1.807, 2.05) is 25.1 Å². The second kappa shape index (κ2) is 6.86. The predicted molar refractivity (Wildman–Crippen MR) is 92.2 cm³/mol. The molecular weight excluding hydrogens is 354 g/mol. The van der Waals surface area contributed by atoms with Gasteiger partial charge < -0.3 is 9.84 Å². The van der Waals surface area contributed by atoms with E-state index in [2.05, 4.69) is 25.0 Å². The van der Waals surface area contributed by atoms with Gasteiger partial charge >= 0.3 is 6.43 Å². The number of nitrogens with one attached hydrogen (secondary N) is 1. The number of carbonyl (C=O) groups excluding carboxylic acids is 1. The summed E-state index contributed by atoms with van der Waals surface area (Å²) in [5, 5.41) is 6.63. The van der Waals surface area contributed by atoms with Gasteiger partial charge in [0.2, 0.25) is 5.82 Å². The number of amides is 1. The van der Waals surface area contributed by atoms with Crippen molar-refractivity contribution in [2.45, 2.75) is 32.2 Å². The van der Waals surface area contributed by atoms with Crippen LogP contribution >= 0.6 is 0 Å². The van der Waals surface area contributed by atoms with Gasteiger partial charge in [0.05, 0.1) is 6.04 Å². The van der Waals surface area contributed by atoms with Crippen molar-refractivity contribution >= 4 is 5.91 Å². The molecule has 2 aromatic heterocycles. The number of hydrogen-bond acceptors (Lipinski definition) is 5. The lowest BCUT2D eigenvalue weighted by atomic mass is 10.0. The quantitative estimate of drug-likeness (QED) is 0.756. The Labute approximate surface area is 153 Å². The largest absolute Gasteiger partial charge is 0.344 e. The molecule has 0 bridgehead atoms. The highest BCUT2D eigenvalue weighted by Crippen LogP contribution is 2.34. The SMILES string of the molecule is Cc1cccnc1C(=O)NC1CCc2cc(-c3noc(C(F)F)n3)ccc21. The number of nitrogens with zero attached hydrogens (tertiary/aromatic N) is 3. The van der Waals surface area contributed by atoms with E-state index in [0.717, 1.165) is 29.5 Å². The molecule has 1 amide bonds. The third-order valence-corrected chi connectivity index (χ3v) is 4.64. The Morgan fingerprint density at radius 1 is 1.33 bits per heavy atom. The number of hydrogen-bond donors (Lipinski definition) is 1. The van der Waals surface area contributed by atoms with E-state index >= 15 is 0 Å². The average Bonchev–Trinajstić information content (AvgIpc) is 3.29. The maximum atomic E-state index is 12.6. The topological polar surface area (TPSA) is 80.9 Å². The first-order valence-electron chi connectivity index (χ1n) is 8.50. The molecule has 138 valence electrons. The summed E-state index contributed by atoms with van der Waals surface area (Å²) in [7, 11) is 0. The third kappa shape index (κ3) is 3.30. The van der Waals surface area contributed by atoms with Gasteiger partial charge in [0.1, 0.15) is 5.69 Å². The van der Waals surface area contributed by atoms with Crippen molar-refractivity contribution in [1.29, 1.82) is 0 Å². The van der Waals surface area contributed by atoms with E-state index in [-0.39, 0.29) is 17.8 Å². The number of benzene rings is 1. The standard InChI is InChI=1S/C19H16F2N4O2/c1-10-3-2-8-22-15(10)18(26)23-14-7-5-11-9-12(4-6-13(11)14)17-24-19(16(20)21)27-25-17/h2-4,6,8-9,14,16H,5,7H2,1H3,(H,23,26). The minimum atomic E-state index is -2.80. The monoisotopic (exact) mass is 370 g/mol. The number of carbonyl (C=O) groups is 1. The summed E-state index contributed by atoms with van der Waals surface area (Å²) in [6, 6.07) is 8.98. The van der Waals surface area contributed by atoms with Crippen LogP contribution in [-0.2, 0) is 6.42 Å². The van der Waals surface area contributed by atoms with E-state index in [1.165, 1.54) is 0 Å². The zero-order chi connectivity index (χ0) is 19.0. The molecule has 6 nitrogen and oxygen atoms in total. The van der Waals surface area contributed by atoms with Gasteiger partial charge in [0, 0.05) is 11.8 Å². The molecule has 0 aliphatic heterocycles. The highest BCUT2D eigenvalue weighted by molar-refractivity contribution is 5.93. The van der Waals surface area contributed by atoms with Gasteiger partial charge in [0.15, 0.2) is 0 Å². The van der Waals surface area contributed by atoms with E-state index in [4.69, 9.17) is 0 Å². The number of aryl methyl sites for hydroxylation is 2. The molecular formula is C19H16F2N4O2. The first-order chi connectivity index (χ1) is 13.0. The number of rotatable bonds is 4. The van der Waals surface area contributed by atoms with Crippen molar-refractivity contribution in [3.8, 4) is 11.4 Å². The molecule has 1 aromatic carbocycles. The highest BCUT2D eigenvalue weighted by Gasteiger charge is 2.26. The number of fused-ring (bicyclic) bond motifs is 1. The number of alkyl halides is 2. The molecule has 1 N–H and O–H groups in total. The Kier molecular flexibility index (Phi) is 4.39. The molecule has 1 atom stereocenters. The first-order valence-corrected chi connectivity index (χ1v) is 8.50. The molecule has 0 fully saturated rings. The molecule has 0 spiro atoms. The summed E-state index contributed by atoms with van der Waals surface area (Å²) in [5.74, 6) is -0.777. The van der Waals surface area contributed by atoms with Crippen LogP contribution in [0.15, 0.2) is 41.1 Å². The number of halogens is 2. The fourth-order valence-corrected chi connectivity index (χ4v) is 3.30. The van der Waals surface area contributed by atoms with Crippen LogP contribution in [0.25, 0.3) is 11.4 Å². The van der Waals surface area contributed by atoms with E-state index in [0.29, 0.717) is 11.3 Å². The van der Waals surface area contributed by atoms with Gasteiger partial charge in [-0.2, -0.15) is 13.8 Å². The molecule has 0 saturated carbocycles. The highest BCUT2D eigenvalue weighted by atomic mass is 19.3. The van der Waals surface area contributed by atoms with Gasteiger partial charge in [-0.15, -0.1) is 0 Å². The summed E-state index contributed by atoms with van der Waals surface area (Å²) in [6.07, 6.45) is 0.310. The average molecular weight is 370 g/mol. The minimum absolute atomic E-state index is 0.121. The van der Waals surface area contributed by atoms with Crippen LogP contribution in [0.4, 0.5) is 8.78 Å². The van der Waals surface area contributed by atoms with E-state index in [1.54, 1.807) is 18.3 Å². The second-order valence-electron chi connectivity index (χ2n) is 6.40. The molecule has 2 heterocycles. The molecule has 1 unspecified atom stereocenters. The second-order valence-corrected chi connectivity index (χ2v) is 6.40. The zero-order valence-corrected chi connectivity index (χ0v) is 14.4. The van der Waals surface area contributed by atoms with Crippen LogP contribution in [0, 0.1) is 6.92 Å². The van der Waals surface area contributed by atoms with Crippen LogP contribution in [0.2, 0.25) is 0 Å². The summed E-state index contributed by atoms with van der Waals surface area (Å²) >= 11 is 0. The van der Waals surface area contributed by atoms with Gasteiger partial charge in [-0.25, -0.2) is 0 Å². The van der Waals surface area contributed by atoms with Crippen molar-refractivity contribution < 1.29 is 18.1 Å². The lowest BCUT2D eigenvalue weighted by molar-refractivity contribution is 0.0931. The van der Waals surface area contributed by atoms with E-state index < -0.39 is 12.3 Å². The van der Waals surface area contributed by atoms with E-state index in [9.17, 15) is 13.6 Å². The van der Waals surface area contributed by atoms with Gasteiger partial charge in [-0.1, -0.05) is 23.4 Å². The Morgan fingerprint density at radius 3 is 2.93 bits per heavy atom. The Balaban J connectivity index is 1.54. The summed E-state index contributed by atoms with van der Waals surface area (Å²) in [6.45, 7) is 1.84. The van der Waals surface area contributed by atoms with Crippen LogP contribution in [0.5, 0.6) is 0 Å². The van der Waals surface area contributed by atoms with Crippen LogP contribution in [0.3, 0.4) is 0 Å². The lowest BCUT2D eigenvalue weighted by Gasteiger charge is -2.15. The molecule has 3 aromatic rings. The fourth-order valence-electron chi connectivity index (χ4n) is 3.30. The van der Waals surface area contributed by atoms with Gasteiger partial charge in [0.25, 0.3) is 11.8 Å². The van der Waals surface area contributed by atoms with Crippen molar-refractivity contribution in [3.63, 3.8) is 0 Å². The maximum absolute atomic E-state index is 12.6. The van der Waals surface area contributed by atoms with Crippen LogP contribution < -0.4 is 5.32 Å². The van der Waals surface area contributed by atoms with Gasteiger partial charge in [-0.3, -0.25) is 9.78 Å². The normalized spacial score (nSPS) is 15.8. The number of pyridine rings is 1. The molecule has 0 radical (unpaired) electrons. The Bertz CT molecular complexity index is 1000. The van der Waals surface area contributed by atoms with Crippen LogP contribution in [0.1, 0.15) is 52.0 Å².